The summed E-state index contributed by atoms with van der Waals surface area (Å²) < 4.78 is 5.84. The highest BCUT2D eigenvalue weighted by Crippen LogP contribution is 2.32. The summed E-state index contributed by atoms with van der Waals surface area (Å²) in [6, 6.07) is 5.97. The number of pyridine rings is 2. The molecular weight excluding hydrogens is 324 g/mol. The predicted octanol–water partition coefficient (Wildman–Crippen LogP) is 4.64. The van der Waals surface area contributed by atoms with E-state index in [0.29, 0.717) is 5.92 Å². The van der Waals surface area contributed by atoms with E-state index in [4.69, 9.17) is 10.1 Å². The Labute approximate surface area is 154 Å². The quantitative estimate of drug-likeness (QED) is 0.771. The molecule has 0 radical (unpaired) electrons. The van der Waals surface area contributed by atoms with Crippen molar-refractivity contribution in [3.8, 4) is 11.3 Å². The van der Waals surface area contributed by atoms with Gasteiger partial charge < -0.3 is 15.5 Å². The molecule has 26 heavy (non-hydrogen) atoms. The van der Waals surface area contributed by atoms with Crippen LogP contribution in [0.15, 0.2) is 36.8 Å². The molecule has 0 aromatic carbocycles. The van der Waals surface area contributed by atoms with Gasteiger partial charge in [-0.3, -0.25) is 9.97 Å². The van der Waals surface area contributed by atoms with Crippen LogP contribution >= 0.6 is 0 Å². The van der Waals surface area contributed by atoms with E-state index in [2.05, 4.69) is 15.3 Å². The second-order valence-corrected chi connectivity index (χ2v) is 7.25. The van der Waals surface area contributed by atoms with Crippen molar-refractivity contribution in [3.63, 3.8) is 0 Å². The zero-order valence-electron chi connectivity index (χ0n) is 15.1. The van der Waals surface area contributed by atoms with Gasteiger partial charge in [0.05, 0.1) is 17.6 Å². The van der Waals surface area contributed by atoms with Crippen LogP contribution in [0.5, 0.6) is 0 Å². The molecule has 1 aliphatic carbocycles. The van der Waals surface area contributed by atoms with E-state index in [0.717, 1.165) is 60.5 Å². The monoisotopic (exact) mass is 350 g/mol. The van der Waals surface area contributed by atoms with Gasteiger partial charge in [0.1, 0.15) is 6.23 Å². The Morgan fingerprint density at radius 1 is 1.12 bits per heavy atom. The summed E-state index contributed by atoms with van der Waals surface area (Å²) in [4.78, 5) is 8.83. The van der Waals surface area contributed by atoms with E-state index in [1.54, 1.807) is 6.20 Å². The van der Waals surface area contributed by atoms with Gasteiger partial charge >= 0.3 is 0 Å². The highest BCUT2D eigenvalue weighted by Gasteiger charge is 2.24. The topological polar surface area (TPSA) is 70.9 Å². The van der Waals surface area contributed by atoms with Crippen LogP contribution in [0.25, 0.3) is 11.3 Å². The van der Waals surface area contributed by atoms with Gasteiger partial charge in [0, 0.05) is 41.8 Å². The summed E-state index contributed by atoms with van der Waals surface area (Å²) in [5.41, 5.74) is 4.45. The van der Waals surface area contributed by atoms with Crippen molar-refractivity contribution in [1.82, 2.24) is 9.97 Å². The highest BCUT2D eigenvalue weighted by molar-refractivity contribution is 6.05. The Morgan fingerprint density at radius 3 is 2.69 bits per heavy atom. The Bertz CT molecular complexity index is 750. The molecule has 1 atom stereocenters. The standard InChI is InChI=1S/C21H26N4O/c22-21(15-6-1-2-7-15)17-12-18(16-8-5-10-23-13-16)24-14-19(17)25-20-9-3-4-11-26-20/h5,8,10,12-15,20,22,25H,1-4,6-7,9,11H2. The van der Waals surface area contributed by atoms with E-state index in [9.17, 15) is 0 Å². The molecule has 0 amide bonds. The molecule has 2 fully saturated rings. The lowest BCUT2D eigenvalue weighted by Crippen LogP contribution is -2.28. The summed E-state index contributed by atoms with van der Waals surface area (Å²) in [5, 5.41) is 12.3. The first-order chi connectivity index (χ1) is 12.8. The van der Waals surface area contributed by atoms with Crippen LogP contribution in [0.2, 0.25) is 0 Å². The van der Waals surface area contributed by atoms with Gasteiger partial charge in [-0.25, -0.2) is 0 Å². The third kappa shape index (κ3) is 3.78. The number of rotatable bonds is 5. The zero-order valence-corrected chi connectivity index (χ0v) is 15.1. The number of aromatic nitrogens is 2. The maximum absolute atomic E-state index is 8.82. The van der Waals surface area contributed by atoms with Gasteiger partial charge in [0.2, 0.25) is 0 Å². The molecule has 4 rings (SSSR count). The lowest BCUT2D eigenvalue weighted by Gasteiger charge is -2.26. The first kappa shape index (κ1) is 17.2. The van der Waals surface area contributed by atoms with Gasteiger partial charge in [0.25, 0.3) is 0 Å². The maximum atomic E-state index is 8.82. The van der Waals surface area contributed by atoms with Crippen LogP contribution < -0.4 is 5.32 Å². The van der Waals surface area contributed by atoms with E-state index in [1.165, 1.54) is 19.3 Å². The Kier molecular flexibility index (Phi) is 5.25. The Morgan fingerprint density at radius 2 is 1.96 bits per heavy atom. The minimum absolute atomic E-state index is 0.0184. The SMILES string of the molecule is N=C(c1cc(-c2cccnc2)ncc1NC1CCCCO1)C1CCCC1. The second kappa shape index (κ2) is 7.96. The van der Waals surface area contributed by atoms with Crippen LogP contribution in [0, 0.1) is 11.3 Å². The predicted molar refractivity (Wildman–Crippen MR) is 103 cm³/mol. The lowest BCUT2D eigenvalue weighted by atomic mass is 9.93. The van der Waals surface area contributed by atoms with Crippen LogP contribution in [-0.2, 0) is 4.74 Å². The van der Waals surface area contributed by atoms with Crippen LogP contribution in [0.3, 0.4) is 0 Å². The van der Waals surface area contributed by atoms with Crippen molar-refractivity contribution in [2.24, 2.45) is 5.92 Å². The van der Waals surface area contributed by atoms with Gasteiger partial charge in [-0.05, 0) is 50.3 Å². The molecule has 0 bridgehead atoms. The Balaban J connectivity index is 1.66. The minimum Gasteiger partial charge on any atom is -0.359 e. The maximum Gasteiger partial charge on any atom is 0.127 e. The molecule has 136 valence electrons. The van der Waals surface area contributed by atoms with Crippen molar-refractivity contribution < 1.29 is 4.74 Å². The fraction of sp³-hybridized carbons (Fsp3) is 0.476. The van der Waals surface area contributed by atoms with Crippen LogP contribution in [0.1, 0.15) is 50.5 Å². The minimum atomic E-state index is 0.0184. The number of hydrogen-bond acceptors (Lipinski definition) is 5. The van der Waals surface area contributed by atoms with Gasteiger partial charge in [-0.15, -0.1) is 0 Å². The van der Waals surface area contributed by atoms with Gasteiger partial charge in [-0.1, -0.05) is 12.8 Å². The Hall–Kier alpha value is -2.27. The van der Waals surface area contributed by atoms with Gasteiger partial charge in [0.15, 0.2) is 0 Å². The third-order valence-corrected chi connectivity index (χ3v) is 5.41. The largest absolute Gasteiger partial charge is 0.359 e. The summed E-state index contributed by atoms with van der Waals surface area (Å²) in [5.74, 6) is 0.354. The van der Waals surface area contributed by atoms with E-state index in [-0.39, 0.29) is 6.23 Å². The average Bonchev–Trinajstić information content (AvgIpc) is 3.24. The molecule has 5 heteroatoms. The fourth-order valence-electron chi connectivity index (χ4n) is 3.93. The smallest absolute Gasteiger partial charge is 0.127 e. The fourth-order valence-corrected chi connectivity index (χ4v) is 3.93. The molecule has 3 heterocycles. The van der Waals surface area contributed by atoms with Crippen LogP contribution in [-0.4, -0.2) is 28.5 Å². The van der Waals surface area contributed by atoms with Crippen molar-refractivity contribution in [3.05, 3.63) is 42.4 Å². The molecule has 1 unspecified atom stereocenters. The van der Waals surface area contributed by atoms with Crippen molar-refractivity contribution in [1.29, 1.82) is 5.41 Å². The summed E-state index contributed by atoms with van der Waals surface area (Å²) >= 11 is 0. The van der Waals surface area contributed by atoms with E-state index in [1.807, 2.05) is 30.6 Å². The number of nitrogens with one attached hydrogen (secondary N) is 2. The summed E-state index contributed by atoms with van der Waals surface area (Å²) in [6.45, 7) is 0.800. The van der Waals surface area contributed by atoms with E-state index < -0.39 is 0 Å². The molecule has 2 aromatic rings. The summed E-state index contributed by atoms with van der Waals surface area (Å²) in [7, 11) is 0. The number of ether oxygens (including phenoxy) is 1. The second-order valence-electron chi connectivity index (χ2n) is 7.25. The molecule has 5 nitrogen and oxygen atoms in total. The normalized spacial score (nSPS) is 20.8. The molecule has 0 spiro atoms. The number of anilines is 1. The molecule has 2 aliphatic rings. The van der Waals surface area contributed by atoms with Gasteiger partial charge in [-0.2, -0.15) is 0 Å². The number of nitrogens with zero attached hydrogens (tertiary/aromatic N) is 2. The third-order valence-electron chi connectivity index (χ3n) is 5.41. The first-order valence-electron chi connectivity index (χ1n) is 9.68. The zero-order chi connectivity index (χ0) is 17.8. The highest BCUT2D eigenvalue weighted by atomic mass is 16.5. The average molecular weight is 350 g/mol. The van der Waals surface area contributed by atoms with Crippen LogP contribution in [0.4, 0.5) is 5.69 Å². The van der Waals surface area contributed by atoms with Crippen molar-refractivity contribution in [2.75, 3.05) is 11.9 Å². The van der Waals surface area contributed by atoms with Crippen molar-refractivity contribution >= 4 is 11.4 Å². The first-order valence-corrected chi connectivity index (χ1v) is 9.68. The molecule has 1 aliphatic heterocycles. The molecular formula is C21H26N4O. The molecule has 2 N–H and O–H groups in total. The summed E-state index contributed by atoms with van der Waals surface area (Å²) in [6.07, 6.45) is 13.4. The molecule has 2 aromatic heterocycles. The number of hydrogen-bond donors (Lipinski definition) is 2. The lowest BCUT2D eigenvalue weighted by molar-refractivity contribution is 0.0343. The van der Waals surface area contributed by atoms with Crippen molar-refractivity contribution in [2.45, 2.75) is 51.2 Å². The van der Waals surface area contributed by atoms with E-state index >= 15 is 0 Å². The molecule has 1 saturated heterocycles. The molecule has 1 saturated carbocycles.